The zero-order valence-corrected chi connectivity index (χ0v) is 106. The van der Waals surface area contributed by atoms with Crippen LogP contribution in [0.1, 0.15) is 494 Å². The van der Waals surface area contributed by atoms with Crippen molar-refractivity contribution in [1.29, 1.82) is 0 Å². The largest absolute Gasteiger partial charge is 0.493 e. The second-order valence-corrected chi connectivity index (χ2v) is 61.1. The minimum Gasteiger partial charge on any atom is -0.493 e. The first-order valence-electron chi connectivity index (χ1n) is 54.0. The first-order chi connectivity index (χ1) is 61.3. The van der Waals surface area contributed by atoms with Crippen LogP contribution in [-0.4, -0.2) is 50.4 Å². The van der Waals surface area contributed by atoms with E-state index in [9.17, 15) is 0 Å². The molecule has 0 radical (unpaired) electrons. The molecule has 0 N–H and O–H groups in total. The van der Waals surface area contributed by atoms with Gasteiger partial charge >= 0.3 is 0 Å². The van der Waals surface area contributed by atoms with Gasteiger partial charge in [-0.1, -0.05) is 488 Å². The number of hydrogen-bond donors (Lipinski definition) is 0. The fourth-order valence-electron chi connectivity index (χ4n) is 13.0. The highest BCUT2D eigenvalue weighted by Crippen LogP contribution is 2.50. The van der Waals surface area contributed by atoms with Crippen LogP contribution in [0.15, 0.2) is 126 Å². The highest BCUT2D eigenvalue weighted by Gasteiger charge is 2.40. The van der Waals surface area contributed by atoms with Gasteiger partial charge in [-0.3, -0.25) is 0 Å². The summed E-state index contributed by atoms with van der Waals surface area (Å²) in [6.45, 7) is 133. The normalized spacial score (nSPS) is 13.3. The Hall–Kier alpha value is -3.13. The minimum absolute atomic E-state index is 0.190. The third kappa shape index (κ3) is 57.0. The Bertz CT molecular complexity index is 3580. The quantitative estimate of drug-likeness (QED) is 0.0296. The van der Waals surface area contributed by atoms with Gasteiger partial charge < -0.3 is 14.2 Å². The lowest BCUT2D eigenvalue weighted by Crippen LogP contribution is -2.34. The molecule has 800 valence electrons. The van der Waals surface area contributed by atoms with E-state index in [4.69, 9.17) is 14.2 Å². The van der Waals surface area contributed by atoms with Crippen LogP contribution < -0.4 is 4.74 Å². The molecule has 0 saturated heterocycles. The van der Waals surface area contributed by atoms with Crippen LogP contribution in [0.3, 0.4) is 0 Å². The van der Waals surface area contributed by atoms with E-state index in [1.807, 2.05) is 41.7 Å². The Morgan fingerprint density at radius 1 is 0.277 bits per heavy atom. The number of hydrogen-bond acceptors (Lipinski definition) is 6. The third-order valence-corrected chi connectivity index (χ3v) is 38.4. The van der Waals surface area contributed by atoms with Gasteiger partial charge in [-0.05, 0) is 294 Å². The Labute approximate surface area is 874 Å². The van der Waals surface area contributed by atoms with Gasteiger partial charge in [-0.15, -0.1) is 11.8 Å². The number of unbranched alkanes of at least 4 members (excludes halogenated alkanes) is 2. The Balaban J connectivity index is -0.000000730. The van der Waals surface area contributed by atoms with Crippen molar-refractivity contribution in [2.24, 2.45) is 103 Å². The van der Waals surface area contributed by atoms with Crippen molar-refractivity contribution in [1.82, 2.24) is 0 Å². The van der Waals surface area contributed by atoms with Gasteiger partial charge in [0.25, 0.3) is 0 Å². The summed E-state index contributed by atoms with van der Waals surface area (Å²) < 4.78 is 16.8. The van der Waals surface area contributed by atoms with Crippen molar-refractivity contribution in [3.05, 3.63) is 166 Å². The smallest absolute Gasteiger partial charge is 0.122 e. The summed E-state index contributed by atoms with van der Waals surface area (Å²) in [5, 5.41) is 0. The molecule has 6 heteroatoms. The highest BCUT2D eigenvalue weighted by atomic mass is 32.2. The average Bonchev–Trinajstić information content (AvgIpc) is 0.804. The molecule has 137 heavy (non-hydrogen) atoms. The number of ether oxygens (including phenoxy) is 3. The van der Waals surface area contributed by atoms with E-state index >= 15 is 0 Å². The summed E-state index contributed by atoms with van der Waals surface area (Å²) >= 11 is 6.00. The summed E-state index contributed by atoms with van der Waals surface area (Å²) in [5.74, 6) is 5.86. The SMILES string of the molecule is CC(C)(C)CCCC(C)(C)C(C)(C)C.CCCCCC(C)(C)C(C)(C)C.COCCCC(C)(C)C(C)(C)C.CSCCCC(C)(C)C(C)(C)C.Cc1ccccc1C(C)(C)CCC(C)(C)C(C)(C)C.Cc1ccccc1COCC(C)(C)C(C)(C)C.Cc1ccccc1CSCC(C)(C)C(C)(C)C.Cc1ccccc1OCCC(C)(C)C(C)(C)C.Cc1ccccc1SCCC(C)(C)C(C)(C)C. The van der Waals surface area contributed by atoms with E-state index in [1.165, 1.54) is 157 Å². The van der Waals surface area contributed by atoms with Crippen molar-refractivity contribution in [3.8, 4) is 5.75 Å². The van der Waals surface area contributed by atoms with Crippen molar-refractivity contribution in [2.75, 3.05) is 50.4 Å². The first-order valence-corrected chi connectivity index (χ1v) is 57.5. The van der Waals surface area contributed by atoms with Crippen LogP contribution in [-0.2, 0) is 27.2 Å². The third-order valence-electron chi connectivity index (χ3n) is 35.1. The Kier molecular flexibility index (Phi) is 61.6. The van der Waals surface area contributed by atoms with Crippen molar-refractivity contribution in [3.63, 3.8) is 0 Å². The fraction of sp³-hybridized carbons (Fsp3) is 0.771. The predicted molar refractivity (Wildman–Crippen MR) is 635 cm³/mol. The molecule has 0 bridgehead atoms. The molecule has 0 atom stereocenters. The van der Waals surface area contributed by atoms with Gasteiger partial charge in [0, 0.05) is 24.4 Å². The molecule has 0 spiro atoms. The van der Waals surface area contributed by atoms with Crippen LogP contribution in [0.25, 0.3) is 0 Å². The summed E-state index contributed by atoms with van der Waals surface area (Å²) in [6, 6.07) is 42.8. The van der Waals surface area contributed by atoms with E-state index in [0.29, 0.717) is 93.2 Å². The molecular weight excluding hydrogens is 1720 g/mol. The molecule has 5 rings (SSSR count). The van der Waals surface area contributed by atoms with Gasteiger partial charge in [0.2, 0.25) is 0 Å². The zero-order chi connectivity index (χ0) is 108. The maximum absolute atomic E-state index is 5.89. The lowest BCUT2D eigenvalue weighted by Gasteiger charge is -2.41. The zero-order valence-electron chi connectivity index (χ0n) is 103. The molecule has 0 heterocycles. The number of methoxy groups -OCH3 is 1. The van der Waals surface area contributed by atoms with E-state index in [1.54, 1.807) is 7.11 Å². The average molecular weight is 1960 g/mol. The Morgan fingerprint density at radius 3 is 1.00 bits per heavy atom. The van der Waals surface area contributed by atoms with Gasteiger partial charge in [0.1, 0.15) is 5.75 Å². The molecule has 0 aliphatic rings. The molecule has 0 aromatic heterocycles. The monoisotopic (exact) mass is 1960 g/mol. The van der Waals surface area contributed by atoms with E-state index in [-0.39, 0.29) is 21.7 Å². The topological polar surface area (TPSA) is 27.7 Å². The van der Waals surface area contributed by atoms with Gasteiger partial charge in [0.05, 0.1) is 19.8 Å². The summed E-state index contributed by atoms with van der Waals surface area (Å²) in [6.07, 6.45) is 21.6. The minimum atomic E-state index is 0.190. The second-order valence-electron chi connectivity index (χ2n) is 58.0. The van der Waals surface area contributed by atoms with Crippen LogP contribution in [0.2, 0.25) is 0 Å². The molecule has 5 aromatic carbocycles. The number of benzene rings is 5. The molecule has 0 aliphatic carbocycles. The van der Waals surface area contributed by atoms with Gasteiger partial charge in [-0.25, -0.2) is 0 Å². The van der Waals surface area contributed by atoms with E-state index in [2.05, 4.69) is 509 Å². The lowest BCUT2D eigenvalue weighted by atomic mass is 9.64. The number of para-hydroxylation sites is 1. The molecular formula is C131H240O3S3. The molecule has 0 saturated carbocycles. The van der Waals surface area contributed by atoms with Gasteiger partial charge in [-0.2, -0.15) is 23.5 Å². The van der Waals surface area contributed by atoms with Crippen molar-refractivity contribution < 1.29 is 14.2 Å². The van der Waals surface area contributed by atoms with Crippen LogP contribution in [0.5, 0.6) is 5.75 Å². The number of aryl methyl sites for hydroxylation is 5. The molecule has 3 nitrogen and oxygen atoms in total. The summed E-state index contributed by atoms with van der Waals surface area (Å²) in [4.78, 5) is 1.43. The van der Waals surface area contributed by atoms with Gasteiger partial charge in [0.15, 0.2) is 0 Å². The lowest BCUT2D eigenvalue weighted by molar-refractivity contribution is -0.00803. The summed E-state index contributed by atoms with van der Waals surface area (Å²) in [7, 11) is 1.77. The summed E-state index contributed by atoms with van der Waals surface area (Å²) in [5.41, 5.74) is 18.6. The molecule has 0 aliphatic heterocycles. The maximum atomic E-state index is 5.89. The molecule has 5 aromatic rings. The standard InChI is InChI=1S/C19H32.2C16H26O.2C16H26S.C14H30.C12H26.C11H24O.C11H24S/c1-15-11-9-10-12-16(15)18(5,6)13-14-19(7,8)17(2,3)4;1-13-9-7-8-10-14(13)11-17-12-16(5,6)15(2,3)4;1-13-9-7-8-10-14(13)17-12-11-16(5,6)15(2,3)4;1-13-9-7-8-10-14(13)11-17-12-16(5,6)15(2,3)4;1-13-9-7-8-10-14(13)17-12-11-16(5,6)15(2,3)4;1-12(2,3)10-9-11-14(7,8)13(4,5)6;1-7-8-9-10-12(5,6)11(2,3)4;2*1-10(2,3)11(4,5)8-7-9-12-6/h9-12H,13-14H2,1-8H3;4*7-10H,11-12H2,1-6H3;9-11H2,1-8H3;7-10H2,1-6H3;2*7-9H2,1-6H3. The second kappa shape index (κ2) is 60.2. The predicted octanol–water partition coefficient (Wildman–Crippen LogP) is 44.0. The molecule has 0 unspecified atom stereocenters. The molecule has 0 fully saturated rings. The number of thioether (sulfide) groups is 3. The first kappa shape index (κ1) is 140. The van der Waals surface area contributed by atoms with Crippen molar-refractivity contribution >= 4 is 35.3 Å². The van der Waals surface area contributed by atoms with Crippen LogP contribution in [0.4, 0.5) is 0 Å². The van der Waals surface area contributed by atoms with Crippen LogP contribution in [0, 0.1) is 138 Å². The number of rotatable bonds is 35. The van der Waals surface area contributed by atoms with Crippen molar-refractivity contribution in [2.45, 2.75) is 507 Å². The highest BCUT2D eigenvalue weighted by molar-refractivity contribution is 7.99. The van der Waals surface area contributed by atoms with E-state index in [0.717, 1.165) is 37.7 Å². The maximum Gasteiger partial charge on any atom is 0.122 e. The fourth-order valence-corrected chi connectivity index (χ4v) is 16.3. The molecule has 0 amide bonds. The van der Waals surface area contributed by atoms with Crippen LogP contribution >= 0.6 is 35.3 Å². The van der Waals surface area contributed by atoms with E-state index < -0.39 is 0 Å². The Morgan fingerprint density at radius 2 is 0.620 bits per heavy atom.